The van der Waals surface area contributed by atoms with Gasteiger partial charge in [-0.15, -0.1) is 0 Å². The molecular weight excluding hydrogens is 362 g/mol. The zero-order chi connectivity index (χ0) is 19.6. The first kappa shape index (κ1) is 20.1. The van der Waals surface area contributed by atoms with E-state index in [9.17, 15) is 19.8 Å². The molecule has 146 valence electrons. The van der Waals surface area contributed by atoms with Crippen molar-refractivity contribution in [3.05, 3.63) is 40.3 Å². The van der Waals surface area contributed by atoms with Crippen molar-refractivity contribution in [2.75, 3.05) is 6.54 Å². The SMILES string of the molecule is CCc1ccc(/C=C2\SC(=O)N(CC)C2=O)cc1.OC1C2CC[C@H](C2)C1O. The highest BCUT2D eigenvalue weighted by molar-refractivity contribution is 8.18. The van der Waals surface area contributed by atoms with Crippen LogP contribution in [0.25, 0.3) is 6.08 Å². The number of aryl methyl sites for hydroxylation is 1. The van der Waals surface area contributed by atoms with Gasteiger partial charge in [-0.2, -0.15) is 0 Å². The van der Waals surface area contributed by atoms with E-state index in [1.807, 2.05) is 24.3 Å². The van der Waals surface area contributed by atoms with Crippen LogP contribution in [0, 0.1) is 11.8 Å². The van der Waals surface area contributed by atoms with E-state index in [4.69, 9.17) is 0 Å². The van der Waals surface area contributed by atoms with E-state index in [0.717, 1.165) is 43.0 Å². The minimum Gasteiger partial charge on any atom is -0.390 e. The van der Waals surface area contributed by atoms with Crippen molar-refractivity contribution in [1.82, 2.24) is 4.90 Å². The number of amides is 2. The van der Waals surface area contributed by atoms with Crippen LogP contribution in [0.15, 0.2) is 29.2 Å². The third-order valence-electron chi connectivity index (χ3n) is 5.71. The smallest absolute Gasteiger partial charge is 0.293 e. The van der Waals surface area contributed by atoms with Crippen LogP contribution in [-0.2, 0) is 11.2 Å². The number of hydrogen-bond acceptors (Lipinski definition) is 5. The number of nitrogens with zero attached hydrogens (tertiary/aromatic N) is 1. The molecule has 1 saturated heterocycles. The molecule has 2 N–H and O–H groups in total. The van der Waals surface area contributed by atoms with Crippen LogP contribution < -0.4 is 0 Å². The van der Waals surface area contributed by atoms with Crippen LogP contribution in [0.5, 0.6) is 0 Å². The number of aliphatic hydroxyl groups excluding tert-OH is 2. The Kier molecular flexibility index (Phi) is 6.40. The molecule has 2 bridgehead atoms. The lowest BCUT2D eigenvalue weighted by Crippen LogP contribution is -2.31. The number of carbonyl (C=O) groups is 2. The first-order valence-electron chi connectivity index (χ1n) is 9.65. The second kappa shape index (κ2) is 8.59. The van der Waals surface area contributed by atoms with E-state index >= 15 is 0 Å². The number of thioether (sulfide) groups is 1. The van der Waals surface area contributed by atoms with E-state index in [-0.39, 0.29) is 11.1 Å². The number of aliphatic hydroxyl groups is 2. The van der Waals surface area contributed by atoms with Crippen molar-refractivity contribution in [2.24, 2.45) is 11.8 Å². The maximum absolute atomic E-state index is 11.9. The minimum absolute atomic E-state index is 0.182. The molecule has 4 rings (SSSR count). The maximum Gasteiger partial charge on any atom is 0.293 e. The Bertz CT molecular complexity index is 712. The van der Waals surface area contributed by atoms with Crippen molar-refractivity contribution in [1.29, 1.82) is 0 Å². The average molecular weight is 390 g/mol. The van der Waals surface area contributed by atoms with Gasteiger partial charge in [0.1, 0.15) is 0 Å². The molecule has 6 heteroatoms. The molecule has 2 saturated carbocycles. The lowest BCUT2D eigenvalue weighted by atomic mass is 9.95. The lowest BCUT2D eigenvalue weighted by molar-refractivity contribution is -0.122. The van der Waals surface area contributed by atoms with Gasteiger partial charge in [0.2, 0.25) is 0 Å². The van der Waals surface area contributed by atoms with Gasteiger partial charge < -0.3 is 10.2 Å². The Labute approximate surface area is 164 Å². The fourth-order valence-electron chi connectivity index (χ4n) is 4.00. The highest BCUT2D eigenvalue weighted by Gasteiger charge is 2.45. The highest BCUT2D eigenvalue weighted by Crippen LogP contribution is 2.44. The quantitative estimate of drug-likeness (QED) is 0.775. The van der Waals surface area contributed by atoms with E-state index in [0.29, 0.717) is 23.3 Å². The van der Waals surface area contributed by atoms with E-state index in [1.54, 1.807) is 13.0 Å². The Morgan fingerprint density at radius 2 is 1.67 bits per heavy atom. The summed E-state index contributed by atoms with van der Waals surface area (Å²) < 4.78 is 0. The Balaban J connectivity index is 0.000000193. The van der Waals surface area contributed by atoms with E-state index < -0.39 is 12.2 Å². The maximum atomic E-state index is 11.9. The van der Waals surface area contributed by atoms with Crippen molar-refractivity contribution in [3.8, 4) is 0 Å². The molecule has 1 aromatic carbocycles. The standard InChI is InChI=1S/C14H15NO2S.C7H12O2/c1-3-10-5-7-11(8-6-10)9-12-13(16)15(4-2)14(17)18-12;8-6-4-1-2-5(3-4)7(6)9/h5-9H,3-4H2,1-2H3;4-9H,1-3H2/b12-9-;/t;4-,5?,6?,7?/m.1/s1. The van der Waals surface area contributed by atoms with Gasteiger partial charge in [-0.1, -0.05) is 31.2 Å². The number of benzene rings is 1. The van der Waals surface area contributed by atoms with Crippen molar-refractivity contribution in [3.63, 3.8) is 0 Å². The second-order valence-corrected chi connectivity index (χ2v) is 8.33. The average Bonchev–Trinajstić information content (AvgIpc) is 3.33. The van der Waals surface area contributed by atoms with Crippen molar-refractivity contribution >= 4 is 29.0 Å². The number of hydrogen-bond donors (Lipinski definition) is 2. The summed E-state index contributed by atoms with van der Waals surface area (Å²) in [5.41, 5.74) is 2.21. The summed E-state index contributed by atoms with van der Waals surface area (Å²) in [6.45, 7) is 4.33. The summed E-state index contributed by atoms with van der Waals surface area (Å²) in [7, 11) is 0. The molecule has 2 amide bonds. The first-order chi connectivity index (χ1) is 12.9. The van der Waals surface area contributed by atoms with Gasteiger partial charge in [-0.05, 0) is 73.4 Å². The van der Waals surface area contributed by atoms with Gasteiger partial charge in [0, 0.05) is 6.54 Å². The fraction of sp³-hybridized carbons (Fsp3) is 0.524. The third kappa shape index (κ3) is 4.28. The Morgan fingerprint density at radius 3 is 2.07 bits per heavy atom. The molecule has 3 unspecified atom stereocenters. The highest BCUT2D eigenvalue weighted by atomic mass is 32.2. The van der Waals surface area contributed by atoms with E-state index in [2.05, 4.69) is 6.92 Å². The first-order valence-corrected chi connectivity index (χ1v) is 10.5. The van der Waals surface area contributed by atoms with Crippen LogP contribution in [-0.4, -0.2) is 45.0 Å². The second-order valence-electron chi connectivity index (χ2n) is 7.34. The molecule has 0 spiro atoms. The molecule has 27 heavy (non-hydrogen) atoms. The number of likely N-dealkylation sites (N-methyl/N-ethyl adjacent to an activating group) is 1. The zero-order valence-electron chi connectivity index (χ0n) is 15.8. The molecule has 5 nitrogen and oxygen atoms in total. The molecule has 1 aromatic rings. The van der Waals surface area contributed by atoms with Crippen LogP contribution in [0.2, 0.25) is 0 Å². The van der Waals surface area contributed by atoms with Gasteiger partial charge in [-0.3, -0.25) is 14.5 Å². The lowest BCUT2D eigenvalue weighted by Gasteiger charge is -2.21. The minimum atomic E-state index is -0.399. The van der Waals surface area contributed by atoms with Gasteiger partial charge >= 0.3 is 0 Å². The summed E-state index contributed by atoms with van der Waals surface area (Å²) in [6.07, 6.45) is 5.29. The zero-order valence-corrected chi connectivity index (χ0v) is 16.6. The van der Waals surface area contributed by atoms with Crippen LogP contribution >= 0.6 is 11.8 Å². The molecule has 3 fully saturated rings. The van der Waals surface area contributed by atoms with Crippen LogP contribution in [0.4, 0.5) is 4.79 Å². The number of rotatable bonds is 3. The van der Waals surface area contributed by atoms with Gasteiger partial charge in [-0.25, -0.2) is 0 Å². The molecular formula is C21H27NO4S. The molecule has 1 aliphatic heterocycles. The Hall–Kier alpha value is -1.63. The predicted octanol–water partition coefficient (Wildman–Crippen LogP) is 3.44. The monoisotopic (exact) mass is 389 g/mol. The summed E-state index contributed by atoms with van der Waals surface area (Å²) >= 11 is 1.01. The Morgan fingerprint density at radius 1 is 1.07 bits per heavy atom. The topological polar surface area (TPSA) is 77.8 Å². The van der Waals surface area contributed by atoms with E-state index in [1.165, 1.54) is 10.5 Å². The number of fused-ring (bicyclic) bond motifs is 2. The molecule has 1 heterocycles. The molecule has 4 atom stereocenters. The molecule has 0 radical (unpaired) electrons. The molecule has 2 aliphatic carbocycles. The number of carbonyl (C=O) groups excluding carboxylic acids is 2. The summed E-state index contributed by atoms with van der Waals surface area (Å²) in [6, 6.07) is 8.02. The normalized spacial score (nSPS) is 30.8. The van der Waals surface area contributed by atoms with Crippen molar-refractivity contribution in [2.45, 2.75) is 51.7 Å². The van der Waals surface area contributed by atoms with Crippen molar-refractivity contribution < 1.29 is 19.8 Å². The third-order valence-corrected chi connectivity index (χ3v) is 6.61. The summed E-state index contributed by atoms with van der Waals surface area (Å²) in [4.78, 5) is 25.2. The summed E-state index contributed by atoms with van der Waals surface area (Å²) in [5, 5.41) is 18.3. The van der Waals surface area contributed by atoms with Crippen LogP contribution in [0.3, 0.4) is 0 Å². The van der Waals surface area contributed by atoms with Gasteiger partial charge in [0.05, 0.1) is 17.1 Å². The molecule has 0 aromatic heterocycles. The summed E-state index contributed by atoms with van der Waals surface area (Å²) in [5.74, 6) is 0.655. The van der Waals surface area contributed by atoms with Crippen LogP contribution in [0.1, 0.15) is 44.2 Å². The molecule has 3 aliphatic rings. The largest absolute Gasteiger partial charge is 0.390 e. The predicted molar refractivity (Wildman–Crippen MR) is 107 cm³/mol. The van der Waals surface area contributed by atoms with Gasteiger partial charge in [0.25, 0.3) is 11.1 Å². The fourth-order valence-corrected chi connectivity index (χ4v) is 4.91. The number of imide groups is 1. The van der Waals surface area contributed by atoms with Gasteiger partial charge in [0.15, 0.2) is 0 Å².